The van der Waals surface area contributed by atoms with Crippen molar-refractivity contribution < 1.29 is 14.4 Å². The fraction of sp³-hybridized carbons (Fsp3) is 0.500. The maximum Gasteiger partial charge on any atom is 0.242 e. The predicted octanol–water partition coefficient (Wildman–Crippen LogP) is 2.00. The molecule has 1 fully saturated rings. The molecule has 3 amide bonds. The summed E-state index contributed by atoms with van der Waals surface area (Å²) in [7, 11) is 0. The molecule has 130 valence electrons. The van der Waals surface area contributed by atoms with Crippen LogP contribution in [-0.2, 0) is 20.8 Å². The molecule has 0 spiro atoms. The first-order chi connectivity index (χ1) is 11.6. The van der Waals surface area contributed by atoms with Crippen molar-refractivity contribution in [2.24, 2.45) is 0 Å². The molecule has 0 saturated carbocycles. The molecule has 24 heavy (non-hydrogen) atoms. The first-order valence-electron chi connectivity index (χ1n) is 8.38. The average Bonchev–Trinajstić information content (AvgIpc) is 2.60. The van der Waals surface area contributed by atoms with E-state index < -0.39 is 0 Å². The van der Waals surface area contributed by atoms with E-state index in [-0.39, 0.29) is 34.8 Å². The highest BCUT2D eigenvalue weighted by molar-refractivity contribution is 8.02. The predicted molar refractivity (Wildman–Crippen MR) is 95.6 cm³/mol. The molecule has 1 aromatic rings. The monoisotopic (exact) mass is 348 g/mol. The van der Waals surface area contributed by atoms with Crippen LogP contribution >= 0.6 is 11.8 Å². The zero-order valence-corrected chi connectivity index (χ0v) is 15.0. The lowest BCUT2D eigenvalue weighted by Crippen LogP contribution is -2.54. The molecule has 0 aliphatic carbocycles. The van der Waals surface area contributed by atoms with Crippen LogP contribution in [-0.4, -0.2) is 46.2 Å². The van der Waals surface area contributed by atoms with Gasteiger partial charge in [0, 0.05) is 6.54 Å². The van der Waals surface area contributed by atoms with Crippen molar-refractivity contribution in [2.45, 2.75) is 43.6 Å². The van der Waals surface area contributed by atoms with Crippen LogP contribution in [0.5, 0.6) is 0 Å². The number of amides is 3. The third-order valence-electron chi connectivity index (χ3n) is 4.03. The van der Waals surface area contributed by atoms with E-state index in [0.717, 1.165) is 16.9 Å². The summed E-state index contributed by atoms with van der Waals surface area (Å²) in [5.74, 6) is -0.768. The standard InChI is InChI=1S/C18H24N2O3S/c1-3-14-17(22)20(18(23)15(4-2)24-14)12-16(21)19-11-10-13-8-6-5-7-9-13/h5-9,14-15H,3-4,10-12H2,1-2H3,(H,19,21)/t14-,15+. The molecule has 2 rings (SSSR count). The van der Waals surface area contributed by atoms with Crippen molar-refractivity contribution in [1.29, 1.82) is 0 Å². The zero-order chi connectivity index (χ0) is 17.5. The number of nitrogens with one attached hydrogen (secondary N) is 1. The summed E-state index contributed by atoms with van der Waals surface area (Å²) < 4.78 is 0. The van der Waals surface area contributed by atoms with E-state index in [9.17, 15) is 14.4 Å². The number of imide groups is 1. The molecule has 0 aromatic heterocycles. The van der Waals surface area contributed by atoms with E-state index in [4.69, 9.17) is 0 Å². The molecule has 0 unspecified atom stereocenters. The Balaban J connectivity index is 1.88. The minimum atomic E-state index is -0.288. The second kappa shape index (κ2) is 8.87. The van der Waals surface area contributed by atoms with Gasteiger partial charge >= 0.3 is 0 Å². The molecule has 5 nitrogen and oxygen atoms in total. The smallest absolute Gasteiger partial charge is 0.242 e. The SMILES string of the molecule is CC[C@@H]1S[C@H](CC)C(=O)N(CC(=O)NCCc2ccccc2)C1=O. The van der Waals surface area contributed by atoms with Crippen LogP contribution in [0.25, 0.3) is 0 Å². The Morgan fingerprint density at radius 2 is 1.67 bits per heavy atom. The quantitative estimate of drug-likeness (QED) is 0.766. The molecule has 1 saturated heterocycles. The second-order valence-corrected chi connectivity index (χ2v) is 7.19. The van der Waals surface area contributed by atoms with Gasteiger partial charge in [-0.3, -0.25) is 19.3 Å². The van der Waals surface area contributed by atoms with Crippen LogP contribution in [0.15, 0.2) is 30.3 Å². The van der Waals surface area contributed by atoms with Crippen LogP contribution in [0, 0.1) is 0 Å². The minimum Gasteiger partial charge on any atom is -0.354 e. The molecule has 2 atom stereocenters. The minimum absolute atomic E-state index is 0.181. The summed E-state index contributed by atoms with van der Waals surface area (Å²) >= 11 is 1.42. The Hall–Kier alpha value is -1.82. The molecular formula is C18H24N2O3S. The number of carbonyl (C=O) groups is 3. The van der Waals surface area contributed by atoms with Crippen LogP contribution in [0.4, 0.5) is 0 Å². The van der Waals surface area contributed by atoms with E-state index in [2.05, 4.69) is 5.32 Å². The molecular weight excluding hydrogens is 324 g/mol. The Morgan fingerprint density at radius 3 is 2.21 bits per heavy atom. The third-order valence-corrected chi connectivity index (χ3v) is 5.76. The van der Waals surface area contributed by atoms with Gasteiger partial charge in [-0.15, -0.1) is 11.8 Å². The second-order valence-electron chi connectivity index (χ2n) is 5.78. The van der Waals surface area contributed by atoms with E-state index >= 15 is 0 Å². The van der Waals surface area contributed by atoms with Gasteiger partial charge in [0.2, 0.25) is 17.7 Å². The van der Waals surface area contributed by atoms with Gasteiger partial charge in [-0.2, -0.15) is 0 Å². The van der Waals surface area contributed by atoms with Gasteiger partial charge in [0.1, 0.15) is 6.54 Å². The first-order valence-corrected chi connectivity index (χ1v) is 9.32. The number of hydrogen-bond donors (Lipinski definition) is 1. The molecule has 0 bridgehead atoms. The summed E-state index contributed by atoms with van der Waals surface area (Å²) in [6.07, 6.45) is 2.05. The zero-order valence-electron chi connectivity index (χ0n) is 14.2. The first kappa shape index (κ1) is 18.5. The summed E-state index contributed by atoms with van der Waals surface area (Å²) in [5, 5.41) is 2.33. The highest BCUT2D eigenvalue weighted by Gasteiger charge is 2.40. The van der Waals surface area contributed by atoms with Crippen molar-refractivity contribution in [1.82, 2.24) is 10.2 Å². The summed E-state index contributed by atoms with van der Waals surface area (Å²) in [6.45, 7) is 4.16. The van der Waals surface area contributed by atoms with Gasteiger partial charge in [-0.25, -0.2) is 0 Å². The lowest BCUT2D eigenvalue weighted by Gasteiger charge is -2.34. The molecule has 1 N–H and O–H groups in total. The topological polar surface area (TPSA) is 66.5 Å². The van der Waals surface area contributed by atoms with Crippen LogP contribution in [0.2, 0.25) is 0 Å². The number of hydrogen-bond acceptors (Lipinski definition) is 4. The van der Waals surface area contributed by atoms with Crippen molar-refractivity contribution in [2.75, 3.05) is 13.1 Å². The summed E-state index contributed by atoms with van der Waals surface area (Å²) in [4.78, 5) is 38.0. The summed E-state index contributed by atoms with van der Waals surface area (Å²) in [5.41, 5.74) is 1.14. The number of nitrogens with zero attached hydrogens (tertiary/aromatic N) is 1. The van der Waals surface area contributed by atoms with Crippen molar-refractivity contribution >= 4 is 29.5 Å². The maximum absolute atomic E-state index is 12.4. The van der Waals surface area contributed by atoms with Gasteiger partial charge in [-0.1, -0.05) is 44.2 Å². The Bertz CT molecular complexity index is 569. The maximum atomic E-state index is 12.4. The Morgan fingerprint density at radius 1 is 1.08 bits per heavy atom. The van der Waals surface area contributed by atoms with Gasteiger partial charge in [0.05, 0.1) is 10.5 Å². The molecule has 1 aromatic carbocycles. The van der Waals surface area contributed by atoms with E-state index in [0.29, 0.717) is 19.4 Å². The van der Waals surface area contributed by atoms with Gasteiger partial charge < -0.3 is 5.32 Å². The lowest BCUT2D eigenvalue weighted by atomic mass is 10.1. The molecule has 1 aliphatic heterocycles. The lowest BCUT2D eigenvalue weighted by molar-refractivity contribution is -0.148. The van der Waals surface area contributed by atoms with Gasteiger partial charge in [0.25, 0.3) is 0 Å². The summed E-state index contributed by atoms with van der Waals surface area (Å²) in [6, 6.07) is 9.85. The molecule has 1 aliphatic rings. The Kier molecular flexibility index (Phi) is 6.85. The largest absolute Gasteiger partial charge is 0.354 e. The van der Waals surface area contributed by atoms with Crippen LogP contribution in [0.3, 0.4) is 0 Å². The highest BCUT2D eigenvalue weighted by atomic mass is 32.2. The fourth-order valence-electron chi connectivity index (χ4n) is 2.66. The van der Waals surface area contributed by atoms with Crippen molar-refractivity contribution in [3.8, 4) is 0 Å². The fourth-order valence-corrected chi connectivity index (χ4v) is 3.93. The van der Waals surface area contributed by atoms with E-state index in [1.807, 2.05) is 44.2 Å². The van der Waals surface area contributed by atoms with E-state index in [1.165, 1.54) is 11.8 Å². The van der Waals surface area contributed by atoms with Crippen LogP contribution < -0.4 is 5.32 Å². The molecule has 6 heteroatoms. The van der Waals surface area contributed by atoms with Gasteiger partial charge in [-0.05, 0) is 24.8 Å². The number of carbonyl (C=O) groups excluding carboxylic acids is 3. The Labute approximate surface area is 147 Å². The third kappa shape index (κ3) is 4.60. The van der Waals surface area contributed by atoms with Gasteiger partial charge in [0.15, 0.2) is 0 Å². The molecule has 1 heterocycles. The van der Waals surface area contributed by atoms with Crippen molar-refractivity contribution in [3.05, 3.63) is 35.9 Å². The normalized spacial score (nSPS) is 21.0. The number of benzene rings is 1. The van der Waals surface area contributed by atoms with Crippen molar-refractivity contribution in [3.63, 3.8) is 0 Å². The highest BCUT2D eigenvalue weighted by Crippen LogP contribution is 2.31. The number of rotatable bonds is 7. The van der Waals surface area contributed by atoms with Crippen LogP contribution in [0.1, 0.15) is 32.3 Å². The molecule has 0 radical (unpaired) electrons. The average molecular weight is 348 g/mol. The number of thioether (sulfide) groups is 1. The van der Waals surface area contributed by atoms with E-state index in [1.54, 1.807) is 0 Å².